The van der Waals surface area contributed by atoms with Gasteiger partial charge in [0.2, 0.25) is 0 Å². The molecule has 2 saturated heterocycles. The number of ether oxygens (including phenoxy) is 2. The van der Waals surface area contributed by atoms with Gasteiger partial charge in [-0.2, -0.15) is 0 Å². The van der Waals surface area contributed by atoms with Crippen LogP contribution in [0.5, 0.6) is 0 Å². The molecule has 0 aromatic rings. The lowest BCUT2D eigenvalue weighted by Crippen LogP contribution is -2.52. The highest BCUT2D eigenvalue weighted by atomic mass is 32.2. The summed E-state index contributed by atoms with van der Waals surface area (Å²) in [5.74, 6) is 0. The minimum absolute atomic E-state index is 0.344. The van der Waals surface area contributed by atoms with E-state index in [0.717, 1.165) is 6.42 Å². The molecular formula is C13H24O5S. The van der Waals surface area contributed by atoms with Crippen molar-refractivity contribution in [3.05, 3.63) is 0 Å². The largest absolute Gasteiger partial charge is 0.390 e. The summed E-state index contributed by atoms with van der Waals surface area (Å²) >= 11 is 0. The number of sulfone groups is 1. The predicted octanol–water partition coefficient (Wildman–Crippen LogP) is 0.900. The van der Waals surface area contributed by atoms with Gasteiger partial charge in [0.15, 0.2) is 9.84 Å². The Morgan fingerprint density at radius 1 is 1.16 bits per heavy atom. The molecule has 2 rings (SSSR count). The SMILES string of the molecule is COCCOCCC1(O)CC2CCCC(C1)S2(=O)=O. The molecule has 19 heavy (non-hydrogen) atoms. The zero-order valence-corrected chi connectivity index (χ0v) is 12.3. The van der Waals surface area contributed by atoms with Crippen molar-refractivity contribution in [1.82, 2.24) is 0 Å². The molecule has 0 aliphatic carbocycles. The molecule has 2 fully saturated rings. The Morgan fingerprint density at radius 3 is 2.37 bits per heavy atom. The Labute approximate surface area is 115 Å². The lowest BCUT2D eigenvalue weighted by atomic mass is 9.83. The van der Waals surface area contributed by atoms with Crippen molar-refractivity contribution in [2.75, 3.05) is 26.9 Å². The van der Waals surface area contributed by atoms with Crippen molar-refractivity contribution in [2.24, 2.45) is 0 Å². The van der Waals surface area contributed by atoms with Gasteiger partial charge in [0.05, 0.1) is 29.3 Å². The molecule has 0 aromatic carbocycles. The minimum atomic E-state index is -3.00. The van der Waals surface area contributed by atoms with Gasteiger partial charge in [0.1, 0.15) is 0 Å². The Balaban J connectivity index is 1.88. The minimum Gasteiger partial charge on any atom is -0.390 e. The second-order valence-electron chi connectivity index (χ2n) is 5.75. The third kappa shape index (κ3) is 3.48. The first-order valence-electron chi connectivity index (χ1n) is 7.00. The molecule has 2 atom stereocenters. The van der Waals surface area contributed by atoms with E-state index in [1.54, 1.807) is 7.11 Å². The second-order valence-corrected chi connectivity index (χ2v) is 8.26. The molecule has 1 N–H and O–H groups in total. The molecule has 112 valence electrons. The van der Waals surface area contributed by atoms with Crippen LogP contribution in [0.25, 0.3) is 0 Å². The van der Waals surface area contributed by atoms with Gasteiger partial charge in [-0.05, 0) is 32.1 Å². The van der Waals surface area contributed by atoms with Crippen molar-refractivity contribution in [3.8, 4) is 0 Å². The van der Waals surface area contributed by atoms with E-state index >= 15 is 0 Å². The van der Waals surface area contributed by atoms with E-state index in [9.17, 15) is 13.5 Å². The Hall–Kier alpha value is -0.170. The van der Waals surface area contributed by atoms with Crippen molar-refractivity contribution >= 4 is 9.84 Å². The fourth-order valence-electron chi connectivity index (χ4n) is 3.25. The lowest BCUT2D eigenvalue weighted by Gasteiger charge is -2.43. The zero-order valence-electron chi connectivity index (χ0n) is 11.5. The monoisotopic (exact) mass is 292 g/mol. The molecule has 2 aliphatic rings. The molecule has 0 aromatic heterocycles. The van der Waals surface area contributed by atoms with Crippen LogP contribution in [-0.2, 0) is 19.3 Å². The summed E-state index contributed by atoms with van der Waals surface area (Å²) in [7, 11) is -1.38. The zero-order chi connectivity index (χ0) is 13.9. The van der Waals surface area contributed by atoms with Crippen molar-refractivity contribution in [3.63, 3.8) is 0 Å². The van der Waals surface area contributed by atoms with Crippen LogP contribution in [0, 0.1) is 0 Å². The van der Waals surface area contributed by atoms with Gasteiger partial charge in [0, 0.05) is 13.7 Å². The van der Waals surface area contributed by atoms with E-state index in [-0.39, 0.29) is 10.5 Å². The molecule has 5 nitrogen and oxygen atoms in total. The summed E-state index contributed by atoms with van der Waals surface area (Å²) in [5, 5.41) is 9.90. The van der Waals surface area contributed by atoms with Crippen LogP contribution in [-0.4, -0.2) is 56.6 Å². The van der Waals surface area contributed by atoms with E-state index in [1.165, 1.54) is 0 Å². The van der Waals surface area contributed by atoms with Gasteiger partial charge in [-0.1, -0.05) is 6.42 Å². The topological polar surface area (TPSA) is 72.8 Å². The van der Waals surface area contributed by atoms with Gasteiger partial charge in [0.25, 0.3) is 0 Å². The third-order valence-corrected chi connectivity index (χ3v) is 7.00. The van der Waals surface area contributed by atoms with Crippen LogP contribution in [0.2, 0.25) is 0 Å². The maximum Gasteiger partial charge on any atom is 0.156 e. The van der Waals surface area contributed by atoms with E-state index < -0.39 is 15.4 Å². The maximum absolute atomic E-state index is 12.1. The number of fused-ring (bicyclic) bond motifs is 2. The van der Waals surface area contributed by atoms with E-state index in [1.807, 2.05) is 0 Å². The first kappa shape index (κ1) is 15.2. The smallest absolute Gasteiger partial charge is 0.156 e. The van der Waals surface area contributed by atoms with Crippen molar-refractivity contribution < 1.29 is 23.0 Å². The Bertz CT molecular complexity index is 372. The standard InChI is InChI=1S/C13H24O5S/c1-17-7-8-18-6-5-13(14)9-11-3-2-4-12(10-13)19(11,15)16/h11-12,14H,2-10H2,1H3. The van der Waals surface area contributed by atoms with Crippen LogP contribution < -0.4 is 0 Å². The Kier molecular flexibility index (Phi) is 4.87. The maximum atomic E-state index is 12.1. The van der Waals surface area contributed by atoms with Crippen LogP contribution in [0.15, 0.2) is 0 Å². The van der Waals surface area contributed by atoms with Gasteiger partial charge in [-0.15, -0.1) is 0 Å². The highest BCUT2D eigenvalue weighted by molar-refractivity contribution is 7.92. The molecule has 0 radical (unpaired) electrons. The summed E-state index contributed by atoms with van der Waals surface area (Å²) in [6.07, 6.45) is 3.63. The average molecular weight is 292 g/mol. The van der Waals surface area contributed by atoms with Gasteiger partial charge >= 0.3 is 0 Å². The molecule has 6 heteroatoms. The molecule has 2 aliphatic heterocycles. The van der Waals surface area contributed by atoms with Crippen molar-refractivity contribution in [1.29, 1.82) is 0 Å². The molecule has 0 saturated carbocycles. The van der Waals surface area contributed by atoms with Crippen LogP contribution in [0.1, 0.15) is 38.5 Å². The first-order chi connectivity index (χ1) is 8.98. The van der Waals surface area contributed by atoms with Crippen LogP contribution in [0.4, 0.5) is 0 Å². The average Bonchev–Trinajstić information content (AvgIpc) is 2.31. The summed E-state index contributed by atoms with van der Waals surface area (Å²) in [6.45, 7) is 1.51. The van der Waals surface area contributed by atoms with Gasteiger partial charge in [-0.3, -0.25) is 0 Å². The van der Waals surface area contributed by atoms with E-state index in [0.29, 0.717) is 51.9 Å². The summed E-state index contributed by atoms with van der Waals surface area (Å²) in [5.41, 5.74) is -0.867. The highest BCUT2D eigenvalue weighted by Crippen LogP contribution is 2.42. The predicted molar refractivity (Wildman–Crippen MR) is 71.8 cm³/mol. The fraction of sp³-hybridized carbons (Fsp3) is 1.00. The molecular weight excluding hydrogens is 268 g/mol. The number of hydrogen-bond donors (Lipinski definition) is 1. The van der Waals surface area contributed by atoms with Crippen LogP contribution >= 0.6 is 0 Å². The number of rotatable bonds is 6. The fourth-order valence-corrected chi connectivity index (χ4v) is 5.87. The van der Waals surface area contributed by atoms with Gasteiger partial charge in [-0.25, -0.2) is 8.42 Å². The Morgan fingerprint density at radius 2 is 1.79 bits per heavy atom. The molecule has 0 spiro atoms. The normalized spacial score (nSPS) is 37.2. The number of methoxy groups -OCH3 is 1. The summed E-state index contributed by atoms with van der Waals surface area (Å²) in [4.78, 5) is 0. The molecule has 2 unspecified atom stereocenters. The van der Waals surface area contributed by atoms with Crippen LogP contribution in [0.3, 0.4) is 0 Å². The molecule has 0 amide bonds. The second kappa shape index (κ2) is 6.08. The highest BCUT2D eigenvalue weighted by Gasteiger charge is 2.49. The molecule has 2 heterocycles. The summed E-state index contributed by atoms with van der Waals surface area (Å²) < 4.78 is 34.5. The summed E-state index contributed by atoms with van der Waals surface area (Å²) in [6, 6.07) is 0. The van der Waals surface area contributed by atoms with E-state index in [4.69, 9.17) is 9.47 Å². The number of hydrogen-bond acceptors (Lipinski definition) is 5. The quantitative estimate of drug-likeness (QED) is 0.736. The number of aliphatic hydroxyl groups is 1. The molecule has 2 bridgehead atoms. The van der Waals surface area contributed by atoms with Crippen molar-refractivity contribution in [2.45, 2.75) is 54.6 Å². The lowest BCUT2D eigenvalue weighted by molar-refractivity contribution is -0.0280. The van der Waals surface area contributed by atoms with Gasteiger partial charge < -0.3 is 14.6 Å². The first-order valence-corrected chi connectivity index (χ1v) is 8.61. The van der Waals surface area contributed by atoms with E-state index in [2.05, 4.69) is 0 Å². The third-order valence-electron chi connectivity index (χ3n) is 4.34.